The molecule has 1 heterocycles. The Labute approximate surface area is 87.7 Å². The largest absolute Gasteiger partial charge is 0.606 e. The first kappa shape index (κ1) is 11.7. The van der Waals surface area contributed by atoms with Crippen molar-refractivity contribution in [3.05, 3.63) is 0 Å². The molecule has 0 bridgehead atoms. The Kier molecular flexibility index (Phi) is 3.84. The highest BCUT2D eigenvalue weighted by atomic mass is 16.6. The number of ketones is 1. The lowest BCUT2D eigenvalue weighted by Crippen LogP contribution is -2.42. The minimum absolute atomic E-state index is 0.0174. The van der Waals surface area contributed by atoms with Gasteiger partial charge in [0.2, 0.25) is 0 Å². The van der Waals surface area contributed by atoms with E-state index in [1.54, 1.807) is 7.05 Å². The summed E-state index contributed by atoms with van der Waals surface area (Å²) in [4.78, 5) is 34.6. The van der Waals surface area contributed by atoms with Gasteiger partial charge in [-0.1, -0.05) is 0 Å². The fraction of sp³-hybridized carbons (Fsp3) is 0.625. The fourth-order valence-electron chi connectivity index (χ4n) is 1.21. The summed E-state index contributed by atoms with van der Waals surface area (Å²) in [5.74, 6) is -1.21. The summed E-state index contributed by atoms with van der Waals surface area (Å²) in [6, 6.07) is 0. The summed E-state index contributed by atoms with van der Waals surface area (Å²) in [6.45, 7) is 1.37. The van der Waals surface area contributed by atoms with E-state index in [1.165, 1.54) is 11.8 Å². The molecule has 0 N–H and O–H groups in total. The topological polar surface area (TPSA) is 72.9 Å². The summed E-state index contributed by atoms with van der Waals surface area (Å²) < 4.78 is 9.60. The Morgan fingerprint density at radius 3 is 2.20 bits per heavy atom. The Morgan fingerprint density at radius 1 is 1.33 bits per heavy atom. The van der Waals surface area contributed by atoms with Crippen LogP contribution in [-0.2, 0) is 23.7 Å². The van der Waals surface area contributed by atoms with Gasteiger partial charge < -0.3 is 14.1 Å². The van der Waals surface area contributed by atoms with E-state index in [4.69, 9.17) is 9.31 Å². The molecule has 0 aromatic carbocycles. The first-order valence-electron chi connectivity index (χ1n) is 4.54. The van der Waals surface area contributed by atoms with Crippen molar-refractivity contribution in [2.24, 2.45) is 0 Å². The number of hydrogen-bond acceptors (Lipinski definition) is 6. The van der Waals surface area contributed by atoms with Crippen LogP contribution in [0, 0.1) is 0 Å². The summed E-state index contributed by atoms with van der Waals surface area (Å²) in [7, 11) is 0.532. The molecule has 0 spiro atoms. The van der Waals surface area contributed by atoms with Crippen LogP contribution < -0.4 is 0 Å². The van der Waals surface area contributed by atoms with Gasteiger partial charge in [0.15, 0.2) is 0 Å². The van der Waals surface area contributed by atoms with E-state index in [-0.39, 0.29) is 25.2 Å². The third kappa shape index (κ3) is 4.12. The van der Waals surface area contributed by atoms with E-state index >= 15 is 0 Å². The molecule has 0 amide bonds. The molecule has 1 saturated heterocycles. The number of Topliss-reactive ketones (excluding diaryl/α,β-unsaturated/α-hetero) is 1. The van der Waals surface area contributed by atoms with Crippen molar-refractivity contribution in [2.45, 2.75) is 13.2 Å². The van der Waals surface area contributed by atoms with Crippen molar-refractivity contribution >= 4 is 24.8 Å². The van der Waals surface area contributed by atoms with Gasteiger partial charge in [0.05, 0.1) is 19.4 Å². The number of likely N-dealkylation sites (N-methyl/N-ethyl adjacent to an activating group) is 1. The molecule has 82 valence electrons. The molecule has 7 heteroatoms. The van der Waals surface area contributed by atoms with Crippen molar-refractivity contribution in [1.29, 1.82) is 0 Å². The maximum absolute atomic E-state index is 11.2. The third-order valence-corrected chi connectivity index (χ3v) is 1.78. The maximum Gasteiger partial charge on any atom is 0.606 e. The molecular formula is C8H12BNO5. The summed E-state index contributed by atoms with van der Waals surface area (Å²) in [6.07, 6.45) is -0.0960. The van der Waals surface area contributed by atoms with Crippen LogP contribution in [0.15, 0.2) is 0 Å². The standard InChI is InChI=1S/C8H12BNO5/c1-6(11)3-9-14-7(12)4-10(2)5-8(13)15-9/h3-5H2,1-2H3. The minimum Gasteiger partial charge on any atom is -0.498 e. The van der Waals surface area contributed by atoms with Crippen LogP contribution in [-0.4, -0.2) is 49.9 Å². The lowest BCUT2D eigenvalue weighted by atomic mass is 9.82. The SMILES string of the molecule is CC(=O)CB1OC(=O)CN(C)CC(=O)O1. The first-order valence-corrected chi connectivity index (χ1v) is 4.54. The first-order chi connectivity index (χ1) is 6.97. The third-order valence-electron chi connectivity index (χ3n) is 1.78. The van der Waals surface area contributed by atoms with Gasteiger partial charge in [-0.25, -0.2) is 0 Å². The van der Waals surface area contributed by atoms with E-state index in [9.17, 15) is 14.4 Å². The monoisotopic (exact) mass is 213 g/mol. The average Bonchev–Trinajstić information content (AvgIpc) is 1.98. The molecule has 0 radical (unpaired) electrons. The van der Waals surface area contributed by atoms with Crippen LogP contribution in [0.4, 0.5) is 0 Å². The maximum atomic E-state index is 11.2. The summed E-state index contributed by atoms with van der Waals surface area (Å²) in [5, 5.41) is 0. The van der Waals surface area contributed by atoms with Crippen LogP contribution in [0.1, 0.15) is 6.92 Å². The predicted molar refractivity (Wildman–Crippen MR) is 50.9 cm³/mol. The zero-order valence-electron chi connectivity index (χ0n) is 8.69. The minimum atomic E-state index is -1.07. The molecule has 0 aliphatic carbocycles. The van der Waals surface area contributed by atoms with Gasteiger partial charge in [-0.05, 0) is 14.0 Å². The van der Waals surface area contributed by atoms with Crippen LogP contribution in [0.25, 0.3) is 0 Å². The van der Waals surface area contributed by atoms with Gasteiger partial charge in [0.25, 0.3) is 0 Å². The Hall–Kier alpha value is -1.37. The number of carbonyl (C=O) groups excluding carboxylic acids is 3. The van der Waals surface area contributed by atoms with E-state index in [0.717, 1.165) is 0 Å². The number of rotatable bonds is 2. The number of hydrogen-bond donors (Lipinski definition) is 0. The van der Waals surface area contributed by atoms with Gasteiger partial charge >= 0.3 is 19.1 Å². The molecule has 0 aromatic rings. The highest BCUT2D eigenvalue weighted by Gasteiger charge is 2.32. The average molecular weight is 213 g/mol. The summed E-state index contributed by atoms with van der Waals surface area (Å²) in [5.41, 5.74) is 0. The molecule has 0 saturated carbocycles. The quantitative estimate of drug-likeness (QED) is 0.553. The second-order valence-corrected chi connectivity index (χ2v) is 3.49. The van der Waals surface area contributed by atoms with Crippen molar-refractivity contribution < 1.29 is 23.7 Å². The molecule has 1 aliphatic rings. The molecule has 1 rings (SSSR count). The smallest absolute Gasteiger partial charge is 0.498 e. The second kappa shape index (κ2) is 4.93. The molecule has 0 aromatic heterocycles. The Bertz CT molecular complexity index is 273. The normalized spacial score (nSPS) is 18.9. The molecule has 0 atom stereocenters. The Morgan fingerprint density at radius 2 is 1.80 bits per heavy atom. The van der Waals surface area contributed by atoms with Crippen molar-refractivity contribution in [2.75, 3.05) is 20.1 Å². The lowest BCUT2D eigenvalue weighted by Gasteiger charge is -2.21. The summed E-state index contributed by atoms with van der Waals surface area (Å²) >= 11 is 0. The highest BCUT2D eigenvalue weighted by molar-refractivity contribution is 6.53. The second-order valence-electron chi connectivity index (χ2n) is 3.49. The van der Waals surface area contributed by atoms with E-state index < -0.39 is 19.1 Å². The van der Waals surface area contributed by atoms with Crippen LogP contribution >= 0.6 is 0 Å². The van der Waals surface area contributed by atoms with Gasteiger partial charge in [-0.15, -0.1) is 0 Å². The molecule has 1 fully saturated rings. The van der Waals surface area contributed by atoms with E-state index in [2.05, 4.69) is 0 Å². The van der Waals surface area contributed by atoms with Crippen LogP contribution in [0.3, 0.4) is 0 Å². The van der Waals surface area contributed by atoms with E-state index in [1.807, 2.05) is 0 Å². The molecular weight excluding hydrogens is 201 g/mol. The van der Waals surface area contributed by atoms with Crippen molar-refractivity contribution in [3.8, 4) is 0 Å². The Balaban J connectivity index is 2.61. The number of nitrogens with zero attached hydrogens (tertiary/aromatic N) is 1. The predicted octanol–water partition coefficient (Wildman–Crippen LogP) is -0.905. The van der Waals surface area contributed by atoms with Crippen molar-refractivity contribution in [1.82, 2.24) is 4.90 Å². The lowest BCUT2D eigenvalue weighted by molar-refractivity contribution is -0.145. The van der Waals surface area contributed by atoms with Gasteiger partial charge in [0.1, 0.15) is 5.78 Å². The zero-order valence-corrected chi connectivity index (χ0v) is 8.69. The van der Waals surface area contributed by atoms with Crippen LogP contribution in [0.5, 0.6) is 0 Å². The molecule has 15 heavy (non-hydrogen) atoms. The molecule has 1 aliphatic heterocycles. The van der Waals surface area contributed by atoms with Gasteiger partial charge in [0, 0.05) is 0 Å². The van der Waals surface area contributed by atoms with E-state index in [0.29, 0.717) is 0 Å². The van der Waals surface area contributed by atoms with Gasteiger partial charge in [-0.2, -0.15) is 0 Å². The van der Waals surface area contributed by atoms with Crippen molar-refractivity contribution in [3.63, 3.8) is 0 Å². The molecule has 0 unspecified atom stereocenters. The van der Waals surface area contributed by atoms with Gasteiger partial charge in [-0.3, -0.25) is 14.5 Å². The van der Waals surface area contributed by atoms with Crippen LogP contribution in [0.2, 0.25) is 6.32 Å². The zero-order chi connectivity index (χ0) is 11.4. The highest BCUT2D eigenvalue weighted by Crippen LogP contribution is 2.04. The molecule has 6 nitrogen and oxygen atoms in total. The number of carbonyl (C=O) groups is 3. The fourth-order valence-corrected chi connectivity index (χ4v) is 1.21.